The molecule has 1 aromatic carbocycles. The molecule has 0 bridgehead atoms. The zero-order chi connectivity index (χ0) is 17.9. The number of esters is 1. The van der Waals surface area contributed by atoms with Gasteiger partial charge < -0.3 is 14.8 Å². The van der Waals surface area contributed by atoms with Crippen molar-refractivity contribution < 1.29 is 19.1 Å². The Morgan fingerprint density at radius 1 is 1.21 bits per heavy atom. The number of carbonyl (C=O) groups is 2. The molecule has 24 heavy (non-hydrogen) atoms. The van der Waals surface area contributed by atoms with Crippen LogP contribution in [0.1, 0.15) is 25.7 Å². The molecule has 1 amide bonds. The quantitative estimate of drug-likeness (QED) is 0.807. The second-order valence-electron chi connectivity index (χ2n) is 5.25. The van der Waals surface area contributed by atoms with Crippen molar-refractivity contribution in [2.75, 3.05) is 19.0 Å². The molecule has 0 aliphatic carbocycles. The molecular formula is C17H18ClNO4S. The van der Waals surface area contributed by atoms with Crippen molar-refractivity contribution in [2.45, 2.75) is 20.8 Å². The fraction of sp³-hybridized carbons (Fsp3) is 0.294. The molecule has 1 N–H and O–H groups in total. The predicted octanol–water partition coefficient (Wildman–Crippen LogP) is 4.13. The lowest BCUT2D eigenvalue weighted by atomic mass is 10.2. The molecule has 0 saturated heterocycles. The average molecular weight is 368 g/mol. The van der Waals surface area contributed by atoms with Crippen LogP contribution in [0.3, 0.4) is 0 Å². The Morgan fingerprint density at radius 3 is 2.50 bits per heavy atom. The summed E-state index contributed by atoms with van der Waals surface area (Å²) >= 11 is 7.54. The van der Waals surface area contributed by atoms with E-state index in [1.165, 1.54) is 18.4 Å². The molecule has 0 unspecified atom stereocenters. The second kappa shape index (κ2) is 7.68. The van der Waals surface area contributed by atoms with Crippen molar-refractivity contribution in [2.24, 2.45) is 0 Å². The number of thiophene rings is 1. The Balaban J connectivity index is 2.00. The molecule has 128 valence electrons. The fourth-order valence-electron chi connectivity index (χ4n) is 2.16. The maximum absolute atomic E-state index is 12.0. The van der Waals surface area contributed by atoms with E-state index in [-0.39, 0.29) is 6.61 Å². The number of rotatable bonds is 5. The summed E-state index contributed by atoms with van der Waals surface area (Å²) in [5.41, 5.74) is 1.77. The lowest BCUT2D eigenvalue weighted by Crippen LogP contribution is -2.21. The number of amides is 1. The Hall–Kier alpha value is -2.05. The van der Waals surface area contributed by atoms with Gasteiger partial charge in [0.05, 0.1) is 18.4 Å². The van der Waals surface area contributed by atoms with Crippen molar-refractivity contribution in [3.8, 4) is 5.75 Å². The first-order valence-electron chi connectivity index (χ1n) is 7.20. The zero-order valence-electron chi connectivity index (χ0n) is 13.9. The zero-order valence-corrected chi connectivity index (χ0v) is 15.4. The highest BCUT2D eigenvalue weighted by atomic mass is 35.5. The van der Waals surface area contributed by atoms with Gasteiger partial charge in [-0.25, -0.2) is 4.79 Å². The van der Waals surface area contributed by atoms with E-state index < -0.39 is 11.9 Å². The number of benzene rings is 1. The predicted molar refractivity (Wildman–Crippen MR) is 95.4 cm³/mol. The van der Waals surface area contributed by atoms with Gasteiger partial charge in [0.25, 0.3) is 5.91 Å². The van der Waals surface area contributed by atoms with Crippen molar-refractivity contribution in [3.05, 3.63) is 44.1 Å². The highest BCUT2D eigenvalue weighted by Gasteiger charge is 2.16. The molecule has 0 aliphatic heterocycles. The standard InChI is InChI=1S/C17H18ClNO4S/c1-9-5-14(15(22-4)7-13(9)18)19-16(20)8-23-17(21)12-6-10(2)24-11(12)3/h5-7H,8H2,1-4H3,(H,19,20). The summed E-state index contributed by atoms with van der Waals surface area (Å²) in [6, 6.07) is 5.08. The molecule has 0 fully saturated rings. The van der Waals surface area contributed by atoms with Crippen molar-refractivity contribution in [3.63, 3.8) is 0 Å². The molecular weight excluding hydrogens is 350 g/mol. The molecule has 0 atom stereocenters. The van der Waals surface area contributed by atoms with Gasteiger partial charge in [0.15, 0.2) is 6.61 Å². The van der Waals surface area contributed by atoms with E-state index >= 15 is 0 Å². The molecule has 5 nitrogen and oxygen atoms in total. The SMILES string of the molecule is COc1cc(Cl)c(C)cc1NC(=O)COC(=O)c1cc(C)sc1C. The fourth-order valence-corrected chi connectivity index (χ4v) is 3.22. The summed E-state index contributed by atoms with van der Waals surface area (Å²) in [5.74, 6) is -0.520. The van der Waals surface area contributed by atoms with Crippen LogP contribution >= 0.6 is 22.9 Å². The maximum atomic E-state index is 12.0. The maximum Gasteiger partial charge on any atom is 0.339 e. The number of methoxy groups -OCH3 is 1. The Kier molecular flexibility index (Phi) is 5.85. The van der Waals surface area contributed by atoms with Crippen LogP contribution in [0.15, 0.2) is 18.2 Å². The van der Waals surface area contributed by atoms with Crippen LogP contribution in [0, 0.1) is 20.8 Å². The van der Waals surface area contributed by atoms with Crippen LogP contribution in [-0.4, -0.2) is 25.6 Å². The summed E-state index contributed by atoms with van der Waals surface area (Å²) < 4.78 is 10.3. The smallest absolute Gasteiger partial charge is 0.339 e. The number of anilines is 1. The Bertz CT molecular complexity index is 785. The van der Waals surface area contributed by atoms with Crippen molar-refractivity contribution in [1.82, 2.24) is 0 Å². The van der Waals surface area contributed by atoms with Gasteiger partial charge in [0.2, 0.25) is 0 Å². The summed E-state index contributed by atoms with van der Waals surface area (Å²) in [7, 11) is 1.48. The minimum atomic E-state index is -0.508. The lowest BCUT2D eigenvalue weighted by molar-refractivity contribution is -0.119. The summed E-state index contributed by atoms with van der Waals surface area (Å²) in [4.78, 5) is 25.9. The second-order valence-corrected chi connectivity index (χ2v) is 7.12. The highest BCUT2D eigenvalue weighted by molar-refractivity contribution is 7.12. The summed E-state index contributed by atoms with van der Waals surface area (Å²) in [6.45, 7) is 5.20. The van der Waals surface area contributed by atoms with Gasteiger partial charge in [-0.2, -0.15) is 0 Å². The van der Waals surface area contributed by atoms with Crippen LogP contribution in [0.4, 0.5) is 5.69 Å². The number of hydrogen-bond acceptors (Lipinski definition) is 5. The number of nitrogens with one attached hydrogen (secondary N) is 1. The third-order valence-corrected chi connectivity index (χ3v) is 4.72. The number of carbonyl (C=O) groups excluding carboxylic acids is 2. The topological polar surface area (TPSA) is 64.6 Å². The van der Waals surface area contributed by atoms with Gasteiger partial charge in [-0.3, -0.25) is 4.79 Å². The molecule has 0 aliphatic rings. The van der Waals surface area contributed by atoms with Gasteiger partial charge in [-0.15, -0.1) is 11.3 Å². The Morgan fingerprint density at radius 2 is 1.92 bits per heavy atom. The number of halogens is 1. The lowest BCUT2D eigenvalue weighted by Gasteiger charge is -2.12. The van der Waals surface area contributed by atoms with Gasteiger partial charge in [-0.05, 0) is 38.5 Å². The van der Waals surface area contributed by atoms with Crippen LogP contribution in [0.2, 0.25) is 5.02 Å². The first-order valence-corrected chi connectivity index (χ1v) is 8.39. The minimum Gasteiger partial charge on any atom is -0.495 e. The molecule has 1 aromatic heterocycles. The summed E-state index contributed by atoms with van der Waals surface area (Å²) in [6.07, 6.45) is 0. The molecule has 0 radical (unpaired) electrons. The van der Waals surface area contributed by atoms with E-state index in [1.807, 2.05) is 20.8 Å². The van der Waals surface area contributed by atoms with Crippen LogP contribution < -0.4 is 10.1 Å². The van der Waals surface area contributed by atoms with Gasteiger partial charge in [0.1, 0.15) is 5.75 Å². The van der Waals surface area contributed by atoms with E-state index in [4.69, 9.17) is 21.1 Å². The number of aryl methyl sites for hydroxylation is 3. The molecule has 0 spiro atoms. The van der Waals surface area contributed by atoms with E-state index in [0.717, 1.165) is 15.3 Å². The van der Waals surface area contributed by atoms with E-state index in [1.54, 1.807) is 18.2 Å². The van der Waals surface area contributed by atoms with E-state index in [9.17, 15) is 9.59 Å². The third kappa shape index (κ3) is 4.27. The van der Waals surface area contributed by atoms with Crippen LogP contribution in [-0.2, 0) is 9.53 Å². The van der Waals surface area contributed by atoms with Crippen molar-refractivity contribution in [1.29, 1.82) is 0 Å². The molecule has 7 heteroatoms. The van der Waals surface area contributed by atoms with Gasteiger partial charge >= 0.3 is 5.97 Å². The molecule has 2 rings (SSSR count). The normalized spacial score (nSPS) is 10.4. The highest BCUT2D eigenvalue weighted by Crippen LogP contribution is 2.30. The number of hydrogen-bond donors (Lipinski definition) is 1. The third-order valence-electron chi connectivity index (χ3n) is 3.35. The van der Waals surface area contributed by atoms with Gasteiger partial charge in [-0.1, -0.05) is 11.6 Å². The monoisotopic (exact) mass is 367 g/mol. The Labute approximate surface area is 149 Å². The van der Waals surface area contributed by atoms with Crippen molar-refractivity contribution >= 4 is 40.5 Å². The number of ether oxygens (including phenoxy) is 2. The van der Waals surface area contributed by atoms with E-state index in [2.05, 4.69) is 5.32 Å². The first-order chi connectivity index (χ1) is 11.3. The first kappa shape index (κ1) is 18.3. The van der Waals surface area contributed by atoms with Crippen LogP contribution in [0.25, 0.3) is 0 Å². The minimum absolute atomic E-state index is 0.377. The molecule has 2 aromatic rings. The molecule has 1 heterocycles. The molecule has 0 saturated carbocycles. The largest absolute Gasteiger partial charge is 0.495 e. The van der Waals surface area contributed by atoms with Crippen LogP contribution in [0.5, 0.6) is 5.75 Å². The summed E-state index contributed by atoms with van der Waals surface area (Å²) in [5, 5.41) is 3.20. The van der Waals surface area contributed by atoms with Gasteiger partial charge in [0, 0.05) is 20.8 Å². The average Bonchev–Trinajstić information content (AvgIpc) is 2.87. The van der Waals surface area contributed by atoms with E-state index in [0.29, 0.717) is 22.0 Å².